The number of aromatic carboxylic acids is 1. The standard InChI is InChI=1S/C9H5BrN2O2S2/c10-5-2-1-3-6(7(5)8(13)14)16-9-12-11-4-15-9/h1-4H,(H,13,14). The molecular formula is C9H5BrN2O2S2. The molecule has 2 rings (SSSR count). The van der Waals surface area contributed by atoms with Crippen LogP contribution < -0.4 is 0 Å². The number of hydrogen-bond acceptors (Lipinski definition) is 5. The molecule has 0 fully saturated rings. The predicted molar refractivity (Wildman–Crippen MR) is 65.1 cm³/mol. The quantitative estimate of drug-likeness (QED) is 0.942. The lowest BCUT2D eigenvalue weighted by Gasteiger charge is -2.04. The molecule has 0 spiro atoms. The fourth-order valence-electron chi connectivity index (χ4n) is 1.10. The molecule has 0 unspecified atom stereocenters. The summed E-state index contributed by atoms with van der Waals surface area (Å²) >= 11 is 5.90. The normalized spacial score (nSPS) is 10.3. The van der Waals surface area contributed by atoms with Crippen LogP contribution in [0.2, 0.25) is 0 Å². The van der Waals surface area contributed by atoms with Gasteiger partial charge >= 0.3 is 5.97 Å². The number of carboxylic acid groups (broad SMARTS) is 1. The largest absolute Gasteiger partial charge is 0.478 e. The third kappa shape index (κ3) is 2.42. The van der Waals surface area contributed by atoms with E-state index in [0.29, 0.717) is 9.37 Å². The van der Waals surface area contributed by atoms with E-state index in [4.69, 9.17) is 5.11 Å². The SMILES string of the molecule is O=C(O)c1c(Br)cccc1Sc1nncs1. The highest BCUT2D eigenvalue weighted by Crippen LogP contribution is 2.34. The molecule has 0 amide bonds. The fourth-order valence-corrected chi connectivity index (χ4v) is 3.36. The van der Waals surface area contributed by atoms with E-state index in [2.05, 4.69) is 26.1 Å². The minimum atomic E-state index is -0.959. The Bertz CT molecular complexity index is 516. The van der Waals surface area contributed by atoms with Gasteiger partial charge in [-0.15, -0.1) is 10.2 Å². The van der Waals surface area contributed by atoms with Crippen molar-refractivity contribution in [2.75, 3.05) is 0 Å². The van der Waals surface area contributed by atoms with Gasteiger partial charge in [-0.3, -0.25) is 0 Å². The van der Waals surface area contributed by atoms with E-state index in [-0.39, 0.29) is 5.56 Å². The van der Waals surface area contributed by atoms with Gasteiger partial charge in [-0.05, 0) is 28.1 Å². The van der Waals surface area contributed by atoms with Gasteiger partial charge in [0.1, 0.15) is 5.51 Å². The molecule has 0 aliphatic heterocycles. The van der Waals surface area contributed by atoms with E-state index in [0.717, 1.165) is 4.34 Å². The Kier molecular flexibility index (Phi) is 3.57. The molecule has 0 atom stereocenters. The van der Waals surface area contributed by atoms with Gasteiger partial charge in [-0.2, -0.15) is 0 Å². The molecule has 7 heteroatoms. The number of carbonyl (C=O) groups is 1. The number of hydrogen-bond donors (Lipinski definition) is 1. The Hall–Kier alpha value is -0.920. The lowest BCUT2D eigenvalue weighted by molar-refractivity contribution is 0.0692. The number of rotatable bonds is 3. The third-order valence-electron chi connectivity index (χ3n) is 1.73. The number of aromatic nitrogens is 2. The zero-order valence-electron chi connectivity index (χ0n) is 7.75. The first-order valence-electron chi connectivity index (χ1n) is 4.14. The minimum Gasteiger partial charge on any atom is -0.478 e. The molecule has 82 valence electrons. The van der Waals surface area contributed by atoms with Crippen LogP contribution in [0, 0.1) is 0 Å². The lowest BCUT2D eigenvalue weighted by Crippen LogP contribution is -1.99. The Morgan fingerprint density at radius 1 is 1.50 bits per heavy atom. The first-order valence-corrected chi connectivity index (χ1v) is 6.63. The molecule has 0 saturated heterocycles. The molecule has 0 bridgehead atoms. The van der Waals surface area contributed by atoms with E-state index < -0.39 is 5.97 Å². The molecule has 0 saturated carbocycles. The topological polar surface area (TPSA) is 63.1 Å². The van der Waals surface area contributed by atoms with Crippen molar-refractivity contribution in [2.45, 2.75) is 9.24 Å². The second-order valence-electron chi connectivity index (χ2n) is 2.72. The van der Waals surface area contributed by atoms with Crippen molar-refractivity contribution < 1.29 is 9.90 Å². The van der Waals surface area contributed by atoms with Gasteiger partial charge in [-0.1, -0.05) is 29.2 Å². The van der Waals surface area contributed by atoms with Crippen LogP contribution in [0.3, 0.4) is 0 Å². The van der Waals surface area contributed by atoms with E-state index in [1.54, 1.807) is 23.7 Å². The van der Waals surface area contributed by atoms with Gasteiger partial charge in [0, 0.05) is 9.37 Å². The van der Waals surface area contributed by atoms with Crippen molar-refractivity contribution in [2.24, 2.45) is 0 Å². The van der Waals surface area contributed by atoms with E-state index in [1.165, 1.54) is 23.1 Å². The van der Waals surface area contributed by atoms with Crippen LogP contribution in [-0.4, -0.2) is 21.3 Å². The summed E-state index contributed by atoms with van der Waals surface area (Å²) in [6.07, 6.45) is 0. The summed E-state index contributed by atoms with van der Waals surface area (Å²) < 4.78 is 1.29. The number of benzene rings is 1. The van der Waals surface area contributed by atoms with Gasteiger partial charge in [0.15, 0.2) is 4.34 Å². The van der Waals surface area contributed by atoms with Crippen molar-refractivity contribution in [3.05, 3.63) is 33.7 Å². The highest BCUT2D eigenvalue weighted by Gasteiger charge is 2.15. The van der Waals surface area contributed by atoms with Crippen molar-refractivity contribution in [3.8, 4) is 0 Å². The predicted octanol–water partition coefficient (Wildman–Crippen LogP) is 3.15. The highest BCUT2D eigenvalue weighted by atomic mass is 79.9. The van der Waals surface area contributed by atoms with Crippen molar-refractivity contribution in [1.82, 2.24) is 10.2 Å². The average molecular weight is 317 g/mol. The summed E-state index contributed by atoms with van der Waals surface area (Å²) in [5, 5.41) is 16.7. The zero-order valence-corrected chi connectivity index (χ0v) is 11.0. The maximum Gasteiger partial charge on any atom is 0.338 e. The molecule has 1 N–H and O–H groups in total. The van der Waals surface area contributed by atoms with Crippen LogP contribution in [0.15, 0.2) is 37.4 Å². The van der Waals surface area contributed by atoms with Crippen molar-refractivity contribution in [3.63, 3.8) is 0 Å². The third-order valence-corrected chi connectivity index (χ3v) is 4.23. The van der Waals surface area contributed by atoms with Gasteiger partial charge in [-0.25, -0.2) is 4.79 Å². The van der Waals surface area contributed by atoms with Gasteiger partial charge in [0.25, 0.3) is 0 Å². The minimum absolute atomic E-state index is 0.253. The van der Waals surface area contributed by atoms with Crippen LogP contribution in [0.1, 0.15) is 10.4 Å². The second-order valence-corrected chi connectivity index (χ2v) is 5.70. The molecule has 0 aliphatic carbocycles. The van der Waals surface area contributed by atoms with Gasteiger partial charge in [0.05, 0.1) is 5.56 Å². The van der Waals surface area contributed by atoms with Gasteiger partial charge in [0.2, 0.25) is 0 Å². The second kappa shape index (κ2) is 4.94. The molecule has 2 aromatic rings. The first kappa shape index (κ1) is 11.6. The zero-order chi connectivity index (χ0) is 11.5. The molecular weight excluding hydrogens is 312 g/mol. The molecule has 0 aliphatic rings. The smallest absolute Gasteiger partial charge is 0.338 e. The molecule has 1 aromatic carbocycles. The van der Waals surface area contributed by atoms with Crippen LogP contribution >= 0.6 is 39.0 Å². The highest BCUT2D eigenvalue weighted by molar-refractivity contribution is 9.10. The Morgan fingerprint density at radius 3 is 2.94 bits per heavy atom. The molecule has 16 heavy (non-hydrogen) atoms. The molecule has 0 radical (unpaired) electrons. The summed E-state index contributed by atoms with van der Waals surface area (Å²) in [5.74, 6) is -0.959. The Labute approximate surface area is 108 Å². The van der Waals surface area contributed by atoms with E-state index in [1.807, 2.05) is 0 Å². The van der Waals surface area contributed by atoms with Crippen molar-refractivity contribution >= 4 is 45.0 Å². The summed E-state index contributed by atoms with van der Waals surface area (Å²) in [7, 11) is 0. The summed E-state index contributed by atoms with van der Waals surface area (Å²) in [6.45, 7) is 0. The van der Waals surface area contributed by atoms with Crippen LogP contribution in [-0.2, 0) is 0 Å². The van der Waals surface area contributed by atoms with Crippen molar-refractivity contribution in [1.29, 1.82) is 0 Å². The monoisotopic (exact) mass is 316 g/mol. The maximum atomic E-state index is 11.1. The molecule has 1 heterocycles. The van der Waals surface area contributed by atoms with Gasteiger partial charge < -0.3 is 5.11 Å². The van der Waals surface area contributed by atoms with Crippen LogP contribution in [0.5, 0.6) is 0 Å². The average Bonchev–Trinajstić information content (AvgIpc) is 2.70. The van der Waals surface area contributed by atoms with E-state index in [9.17, 15) is 4.79 Å². The Morgan fingerprint density at radius 2 is 2.31 bits per heavy atom. The first-order chi connectivity index (χ1) is 7.68. The maximum absolute atomic E-state index is 11.1. The number of carboxylic acids is 1. The summed E-state index contributed by atoms with van der Waals surface area (Å²) in [6, 6.07) is 5.24. The lowest BCUT2D eigenvalue weighted by atomic mass is 10.2. The Balaban J connectivity index is 2.40. The van der Waals surface area contributed by atoms with Crippen LogP contribution in [0.25, 0.3) is 0 Å². The summed E-state index contributed by atoms with van der Waals surface area (Å²) in [4.78, 5) is 11.7. The van der Waals surface area contributed by atoms with E-state index >= 15 is 0 Å². The van der Waals surface area contributed by atoms with Crippen LogP contribution in [0.4, 0.5) is 0 Å². The fraction of sp³-hybridized carbons (Fsp3) is 0. The number of halogens is 1. The molecule has 4 nitrogen and oxygen atoms in total. The number of nitrogens with zero attached hydrogens (tertiary/aromatic N) is 2. The molecule has 1 aromatic heterocycles. The summed E-state index contributed by atoms with van der Waals surface area (Å²) in [5.41, 5.74) is 1.86.